The van der Waals surface area contributed by atoms with Crippen LogP contribution in [0.1, 0.15) is 53.1 Å². The van der Waals surface area contributed by atoms with Gasteiger partial charge < -0.3 is 24.6 Å². The van der Waals surface area contributed by atoms with E-state index in [1.807, 2.05) is 6.92 Å². The topological polar surface area (TPSA) is 101 Å². The molecule has 11 heteroatoms. The summed E-state index contributed by atoms with van der Waals surface area (Å²) < 4.78 is 33.9. The highest BCUT2D eigenvalue weighted by atomic mass is 31.1. The average Bonchev–Trinajstić information content (AvgIpc) is 2.83. The lowest BCUT2D eigenvalue weighted by Gasteiger charge is -2.42. The molecule has 1 aromatic carbocycles. The number of nitrogens with one attached hydrogen (secondary N) is 1. The second kappa shape index (κ2) is 11.3. The van der Waals surface area contributed by atoms with E-state index in [1.165, 1.54) is 23.9 Å². The van der Waals surface area contributed by atoms with E-state index < -0.39 is 46.4 Å². The van der Waals surface area contributed by atoms with Crippen molar-refractivity contribution >= 4 is 20.4 Å². The van der Waals surface area contributed by atoms with Crippen LogP contribution in [0.15, 0.2) is 29.2 Å². The number of aromatic nitrogens is 1. The third-order valence-corrected chi connectivity index (χ3v) is 7.53. The van der Waals surface area contributed by atoms with Crippen molar-refractivity contribution < 1.29 is 28.2 Å². The Morgan fingerprint density at radius 2 is 2.06 bits per heavy atom. The normalized spacial score (nSPS) is 17.5. The Morgan fingerprint density at radius 3 is 2.66 bits per heavy atom. The van der Waals surface area contributed by atoms with Gasteiger partial charge in [-0.25, -0.2) is 8.78 Å². The van der Waals surface area contributed by atoms with Crippen LogP contribution in [0.2, 0.25) is 0 Å². The molecule has 2 heterocycles. The molecule has 0 spiro atoms. The average molecular weight is 509 g/mol. The lowest BCUT2D eigenvalue weighted by Crippen LogP contribution is -2.55. The monoisotopic (exact) mass is 509 g/mol. The van der Waals surface area contributed by atoms with Gasteiger partial charge in [0.1, 0.15) is 17.2 Å². The number of hydrogen-bond donors (Lipinski definition) is 2. The molecule has 0 fully saturated rings. The van der Waals surface area contributed by atoms with Gasteiger partial charge in [0.25, 0.3) is 11.8 Å². The third kappa shape index (κ3) is 5.54. The van der Waals surface area contributed by atoms with Gasteiger partial charge >= 0.3 is 0 Å². The molecule has 2 aromatic rings. The second-order valence-corrected chi connectivity index (χ2v) is 10.1. The predicted molar refractivity (Wildman–Crippen MR) is 129 cm³/mol. The van der Waals surface area contributed by atoms with Crippen molar-refractivity contribution in [3.05, 3.63) is 63.1 Å². The first-order valence-corrected chi connectivity index (χ1v) is 12.9. The quantitative estimate of drug-likeness (QED) is 0.506. The molecule has 190 valence electrons. The summed E-state index contributed by atoms with van der Waals surface area (Å²) in [7, 11) is 2.17. The van der Waals surface area contributed by atoms with Gasteiger partial charge in [-0.3, -0.25) is 14.4 Å². The van der Waals surface area contributed by atoms with Crippen molar-refractivity contribution in [1.82, 2.24) is 14.8 Å². The first kappa shape index (κ1) is 26.8. The number of nitrogens with zero attached hydrogens (tertiary/aromatic N) is 2. The molecule has 2 N–H and O–H groups in total. The molecule has 0 saturated carbocycles. The van der Waals surface area contributed by atoms with E-state index >= 15 is 0 Å². The Balaban J connectivity index is 1.92. The fourth-order valence-corrected chi connectivity index (χ4v) is 4.72. The number of halogens is 2. The first-order valence-electron chi connectivity index (χ1n) is 11.3. The number of fused-ring (bicyclic) bond motifs is 1. The number of pyridine rings is 1. The van der Waals surface area contributed by atoms with Gasteiger partial charge in [0.2, 0.25) is 5.43 Å². The largest absolute Gasteiger partial charge is 0.503 e. The Kier molecular flexibility index (Phi) is 8.61. The van der Waals surface area contributed by atoms with E-state index in [0.29, 0.717) is 26.7 Å². The minimum absolute atomic E-state index is 0.0276. The number of aromatic hydroxyl groups is 1. The van der Waals surface area contributed by atoms with Gasteiger partial charge in [-0.15, -0.1) is 8.58 Å². The summed E-state index contributed by atoms with van der Waals surface area (Å²) in [6.45, 7) is 5.98. The highest BCUT2D eigenvalue weighted by molar-refractivity contribution is 7.37. The second-order valence-electron chi connectivity index (χ2n) is 8.53. The van der Waals surface area contributed by atoms with Crippen LogP contribution < -0.4 is 10.7 Å². The number of carbonyl (C=O) groups excluding carboxylic acids is 2. The van der Waals surface area contributed by atoms with Gasteiger partial charge in [-0.05, 0) is 31.2 Å². The van der Waals surface area contributed by atoms with Crippen molar-refractivity contribution in [1.29, 1.82) is 0 Å². The molecule has 8 nitrogen and oxygen atoms in total. The van der Waals surface area contributed by atoms with Gasteiger partial charge in [0.15, 0.2) is 17.7 Å². The van der Waals surface area contributed by atoms with Crippen molar-refractivity contribution in [2.24, 2.45) is 0 Å². The molecular weight excluding hydrogens is 479 g/mol. The molecule has 4 atom stereocenters. The Labute approximate surface area is 204 Å². The fraction of sp³-hybridized carbons (Fsp3) is 0.458. The summed E-state index contributed by atoms with van der Waals surface area (Å²) in [6.07, 6.45) is 1.97. The maximum atomic E-state index is 13.9. The van der Waals surface area contributed by atoms with Gasteiger partial charge in [0.05, 0.1) is 6.54 Å². The predicted octanol–water partition coefficient (Wildman–Crippen LogP) is 3.06. The summed E-state index contributed by atoms with van der Waals surface area (Å²) in [4.78, 5) is 40.5. The van der Waals surface area contributed by atoms with Crippen LogP contribution >= 0.6 is 8.58 Å². The Morgan fingerprint density at radius 1 is 1.34 bits per heavy atom. The number of amides is 2. The van der Waals surface area contributed by atoms with Gasteiger partial charge in [-0.1, -0.05) is 19.9 Å². The molecule has 35 heavy (non-hydrogen) atoms. The third-order valence-electron chi connectivity index (χ3n) is 6.31. The number of ether oxygens (including phenoxy) is 1. The zero-order valence-corrected chi connectivity index (χ0v) is 21.1. The van der Waals surface area contributed by atoms with E-state index in [2.05, 4.69) is 18.9 Å². The highest BCUT2D eigenvalue weighted by Crippen LogP contribution is 2.30. The molecule has 1 aliphatic heterocycles. The van der Waals surface area contributed by atoms with E-state index in [1.54, 1.807) is 4.90 Å². The SMILES string of the molecule is CCC(C[C@@H](C)PC)N1C(=O)c2c(O)c(=O)c(C(=O)NCc3ccc(F)cc3F)cn2CC1OC. The summed E-state index contributed by atoms with van der Waals surface area (Å²) >= 11 is 0. The van der Waals surface area contributed by atoms with Crippen LogP contribution in [-0.4, -0.2) is 58.1 Å². The molecule has 3 unspecified atom stereocenters. The first-order chi connectivity index (χ1) is 16.6. The molecule has 0 radical (unpaired) electrons. The van der Waals surface area contributed by atoms with Gasteiger partial charge in [-0.2, -0.15) is 0 Å². The summed E-state index contributed by atoms with van der Waals surface area (Å²) in [6, 6.07) is 2.78. The van der Waals surface area contributed by atoms with Gasteiger partial charge in [0, 0.05) is 37.5 Å². The number of benzene rings is 1. The van der Waals surface area contributed by atoms with Crippen LogP contribution in [0, 0.1) is 11.6 Å². The number of rotatable bonds is 9. The standard InChI is InChI=1S/C24H30F2N3O5P/c1-5-16(8-13(2)35-4)29-19(34-3)12-28-11-17(21(30)22(31)20(28)24(29)33)23(32)27-10-14-6-7-15(25)9-18(14)26/h6-7,9,11,13,16,19,31,35H,5,8,10,12H2,1-4H3,(H,27,32)/t13-,16?,19?/m1/s1. The molecule has 2 amide bonds. The molecule has 0 saturated heterocycles. The van der Waals surface area contributed by atoms with Crippen LogP contribution in [-0.2, 0) is 17.8 Å². The Hall–Kier alpha value is -2.84. The van der Waals surface area contributed by atoms with Crippen LogP contribution in [0.25, 0.3) is 0 Å². The van der Waals surface area contributed by atoms with E-state index in [-0.39, 0.29) is 30.4 Å². The van der Waals surface area contributed by atoms with E-state index in [9.17, 15) is 28.3 Å². The zero-order chi connectivity index (χ0) is 25.9. The van der Waals surface area contributed by atoms with E-state index in [4.69, 9.17) is 4.74 Å². The zero-order valence-electron chi connectivity index (χ0n) is 20.1. The molecular formula is C24H30F2N3O5P. The molecule has 3 rings (SSSR count). The minimum Gasteiger partial charge on any atom is -0.503 e. The van der Waals surface area contributed by atoms with E-state index in [0.717, 1.165) is 12.5 Å². The summed E-state index contributed by atoms with van der Waals surface area (Å²) in [5.74, 6) is -3.83. The smallest absolute Gasteiger partial charge is 0.276 e. The number of methoxy groups -OCH3 is 1. The summed E-state index contributed by atoms with van der Waals surface area (Å²) in [5.41, 5.74) is -1.19. The maximum Gasteiger partial charge on any atom is 0.276 e. The number of hydrogen-bond acceptors (Lipinski definition) is 5. The van der Waals surface area contributed by atoms with Crippen molar-refractivity contribution in [2.45, 2.75) is 57.7 Å². The minimum atomic E-state index is -1.01. The van der Waals surface area contributed by atoms with Crippen molar-refractivity contribution in [3.8, 4) is 5.75 Å². The maximum absolute atomic E-state index is 13.9. The molecule has 0 bridgehead atoms. The van der Waals surface area contributed by atoms with Crippen molar-refractivity contribution in [3.63, 3.8) is 0 Å². The lowest BCUT2D eigenvalue weighted by molar-refractivity contribution is -0.0585. The summed E-state index contributed by atoms with van der Waals surface area (Å²) in [5, 5.41) is 13.1. The fourth-order valence-electron chi connectivity index (χ4n) is 4.22. The molecule has 1 aromatic heterocycles. The van der Waals surface area contributed by atoms with Crippen LogP contribution in [0.4, 0.5) is 8.78 Å². The van der Waals surface area contributed by atoms with Crippen molar-refractivity contribution in [2.75, 3.05) is 13.8 Å². The van der Waals surface area contributed by atoms with Crippen LogP contribution in [0.3, 0.4) is 0 Å². The lowest BCUT2D eigenvalue weighted by atomic mass is 10.0. The highest BCUT2D eigenvalue weighted by Gasteiger charge is 2.39. The number of carbonyl (C=O) groups is 2. The molecule has 0 aliphatic carbocycles. The Bertz CT molecular complexity index is 1170. The molecule has 1 aliphatic rings. The van der Waals surface area contributed by atoms with Crippen LogP contribution in [0.5, 0.6) is 5.75 Å².